The molecule has 0 saturated carbocycles. The van der Waals surface area contributed by atoms with E-state index in [9.17, 15) is 14.3 Å². The van der Waals surface area contributed by atoms with Gasteiger partial charge in [0.05, 0.1) is 12.6 Å². The molecular weight excluding hydrogens is 287 g/mol. The van der Waals surface area contributed by atoms with Crippen LogP contribution in [0.25, 0.3) is 11.5 Å². The van der Waals surface area contributed by atoms with Crippen molar-refractivity contribution in [2.45, 2.75) is 12.6 Å². The minimum Gasteiger partial charge on any atom is -0.388 e. The first kappa shape index (κ1) is 14.2. The van der Waals surface area contributed by atoms with Crippen molar-refractivity contribution in [1.29, 1.82) is 0 Å². The number of aromatic nitrogens is 2. The lowest BCUT2D eigenvalue weighted by molar-refractivity contribution is 0.148. The zero-order valence-electron chi connectivity index (χ0n) is 11.5. The van der Waals surface area contributed by atoms with Crippen LogP contribution in [0.15, 0.2) is 63.8 Å². The second-order valence-electron chi connectivity index (χ2n) is 4.79. The fraction of sp³-hybridized carbons (Fsp3) is 0.125. The molecule has 5 nitrogen and oxygen atoms in total. The number of nitrogens with zero attached hydrogens (tertiary/aromatic N) is 2. The molecule has 0 aliphatic heterocycles. The molecule has 0 aliphatic rings. The molecule has 22 heavy (non-hydrogen) atoms. The van der Waals surface area contributed by atoms with Gasteiger partial charge in [-0.3, -0.25) is 0 Å². The van der Waals surface area contributed by atoms with Gasteiger partial charge in [0.1, 0.15) is 5.82 Å². The molecule has 2 aromatic carbocycles. The Hall–Kier alpha value is -2.73. The van der Waals surface area contributed by atoms with E-state index in [1.54, 1.807) is 24.3 Å². The van der Waals surface area contributed by atoms with E-state index in [1.165, 1.54) is 24.3 Å². The highest BCUT2D eigenvalue weighted by molar-refractivity contribution is 5.51. The van der Waals surface area contributed by atoms with Gasteiger partial charge < -0.3 is 9.52 Å². The lowest BCUT2D eigenvalue weighted by atomic mass is 10.1. The minimum absolute atomic E-state index is 0.0203. The average Bonchev–Trinajstić information content (AvgIpc) is 2.90. The summed E-state index contributed by atoms with van der Waals surface area (Å²) in [6.45, 7) is -0.0203. The van der Waals surface area contributed by atoms with Gasteiger partial charge in [-0.05, 0) is 29.8 Å². The van der Waals surface area contributed by atoms with Crippen molar-refractivity contribution in [2.24, 2.45) is 0 Å². The standard InChI is InChI=1S/C16H13FN2O3/c17-13-8-6-12(7-9-13)15-18-19(16(21)22-15)10-14(20)11-4-2-1-3-5-11/h1-9,14,20H,10H2/t14-/m1/s1. The van der Waals surface area contributed by atoms with Gasteiger partial charge in [-0.1, -0.05) is 30.3 Å². The van der Waals surface area contributed by atoms with E-state index in [0.29, 0.717) is 11.1 Å². The van der Waals surface area contributed by atoms with Crippen molar-refractivity contribution >= 4 is 0 Å². The number of halogens is 1. The molecule has 0 fully saturated rings. The van der Waals surface area contributed by atoms with Gasteiger partial charge in [0, 0.05) is 5.56 Å². The van der Waals surface area contributed by atoms with E-state index in [2.05, 4.69) is 5.10 Å². The maximum Gasteiger partial charge on any atom is 0.437 e. The summed E-state index contributed by atoms with van der Waals surface area (Å²) in [6.07, 6.45) is -0.870. The fourth-order valence-electron chi connectivity index (χ4n) is 2.08. The van der Waals surface area contributed by atoms with Gasteiger partial charge >= 0.3 is 5.76 Å². The zero-order valence-corrected chi connectivity index (χ0v) is 11.5. The molecule has 0 saturated heterocycles. The van der Waals surface area contributed by atoms with Crippen LogP contribution < -0.4 is 5.76 Å². The van der Waals surface area contributed by atoms with Crippen molar-refractivity contribution < 1.29 is 13.9 Å². The second kappa shape index (κ2) is 5.95. The van der Waals surface area contributed by atoms with Crippen molar-refractivity contribution in [3.63, 3.8) is 0 Å². The molecule has 1 atom stereocenters. The Labute approximate surface area is 125 Å². The number of rotatable bonds is 4. The van der Waals surface area contributed by atoms with Gasteiger partial charge in [0.2, 0.25) is 5.89 Å². The van der Waals surface area contributed by atoms with Crippen LogP contribution in [0, 0.1) is 5.82 Å². The van der Waals surface area contributed by atoms with Crippen LogP contribution in [0.5, 0.6) is 0 Å². The minimum atomic E-state index is -0.870. The van der Waals surface area contributed by atoms with Crippen LogP contribution in [0.4, 0.5) is 4.39 Å². The highest BCUT2D eigenvalue weighted by Crippen LogP contribution is 2.17. The molecule has 0 bridgehead atoms. The van der Waals surface area contributed by atoms with Gasteiger partial charge in [-0.25, -0.2) is 9.18 Å². The molecule has 0 unspecified atom stereocenters. The van der Waals surface area contributed by atoms with Crippen LogP contribution >= 0.6 is 0 Å². The van der Waals surface area contributed by atoms with Crippen molar-refractivity contribution in [1.82, 2.24) is 9.78 Å². The predicted octanol–water partition coefficient (Wildman–Crippen LogP) is 2.38. The summed E-state index contributed by atoms with van der Waals surface area (Å²) in [4.78, 5) is 11.8. The van der Waals surface area contributed by atoms with E-state index in [0.717, 1.165) is 4.68 Å². The highest BCUT2D eigenvalue weighted by Gasteiger charge is 2.15. The largest absolute Gasteiger partial charge is 0.437 e. The Morgan fingerprint density at radius 1 is 1.14 bits per heavy atom. The summed E-state index contributed by atoms with van der Waals surface area (Å²) in [6, 6.07) is 14.4. The predicted molar refractivity (Wildman–Crippen MR) is 77.6 cm³/mol. The first-order chi connectivity index (χ1) is 10.6. The number of aliphatic hydroxyl groups excluding tert-OH is 1. The molecule has 6 heteroatoms. The van der Waals surface area contributed by atoms with E-state index in [4.69, 9.17) is 4.42 Å². The Balaban J connectivity index is 1.84. The Bertz CT molecular complexity index is 809. The van der Waals surface area contributed by atoms with Crippen LogP contribution in [0.2, 0.25) is 0 Å². The Kier molecular flexibility index (Phi) is 3.84. The summed E-state index contributed by atoms with van der Waals surface area (Å²) in [5.74, 6) is -0.968. The van der Waals surface area contributed by atoms with Gasteiger partial charge in [0.15, 0.2) is 0 Å². The first-order valence-electron chi connectivity index (χ1n) is 6.70. The molecule has 1 N–H and O–H groups in total. The maximum atomic E-state index is 12.9. The lowest BCUT2D eigenvalue weighted by Crippen LogP contribution is -2.20. The third-order valence-corrected chi connectivity index (χ3v) is 3.23. The molecule has 3 rings (SSSR count). The molecule has 0 spiro atoms. The summed E-state index contributed by atoms with van der Waals surface area (Å²) >= 11 is 0. The van der Waals surface area contributed by atoms with E-state index in [1.807, 2.05) is 6.07 Å². The summed E-state index contributed by atoms with van der Waals surface area (Å²) < 4.78 is 19.0. The van der Waals surface area contributed by atoms with Crippen molar-refractivity contribution in [2.75, 3.05) is 0 Å². The molecule has 0 amide bonds. The van der Waals surface area contributed by atoms with Crippen LogP contribution in [-0.4, -0.2) is 14.9 Å². The monoisotopic (exact) mass is 300 g/mol. The first-order valence-corrected chi connectivity index (χ1v) is 6.70. The third-order valence-electron chi connectivity index (χ3n) is 3.23. The highest BCUT2D eigenvalue weighted by atomic mass is 19.1. The Morgan fingerprint density at radius 3 is 2.50 bits per heavy atom. The van der Waals surface area contributed by atoms with Crippen LogP contribution in [0.3, 0.4) is 0 Å². The van der Waals surface area contributed by atoms with E-state index < -0.39 is 11.9 Å². The molecule has 3 aromatic rings. The Morgan fingerprint density at radius 2 is 1.82 bits per heavy atom. The number of benzene rings is 2. The summed E-state index contributed by atoms with van der Waals surface area (Å²) in [5.41, 5.74) is 1.17. The topological polar surface area (TPSA) is 68.3 Å². The fourth-order valence-corrected chi connectivity index (χ4v) is 2.08. The number of hydrogen-bond acceptors (Lipinski definition) is 4. The van der Waals surface area contributed by atoms with Gasteiger partial charge in [-0.15, -0.1) is 5.10 Å². The van der Waals surface area contributed by atoms with Crippen molar-refractivity contribution in [3.05, 3.63) is 76.5 Å². The smallest absolute Gasteiger partial charge is 0.388 e. The zero-order chi connectivity index (χ0) is 15.5. The number of aliphatic hydroxyl groups is 1. The summed E-state index contributed by atoms with van der Waals surface area (Å²) in [7, 11) is 0. The third kappa shape index (κ3) is 2.96. The molecule has 112 valence electrons. The van der Waals surface area contributed by atoms with Crippen LogP contribution in [0.1, 0.15) is 11.7 Å². The van der Waals surface area contributed by atoms with Crippen LogP contribution in [-0.2, 0) is 6.54 Å². The molecule has 1 aromatic heterocycles. The molecule has 0 aliphatic carbocycles. The van der Waals surface area contributed by atoms with Gasteiger partial charge in [0.25, 0.3) is 0 Å². The van der Waals surface area contributed by atoms with E-state index in [-0.39, 0.29) is 18.3 Å². The average molecular weight is 300 g/mol. The molecule has 0 radical (unpaired) electrons. The van der Waals surface area contributed by atoms with E-state index >= 15 is 0 Å². The summed E-state index contributed by atoms with van der Waals surface area (Å²) in [5, 5.41) is 14.2. The quantitative estimate of drug-likeness (QED) is 0.803. The van der Waals surface area contributed by atoms with Crippen molar-refractivity contribution in [3.8, 4) is 11.5 Å². The molecule has 1 heterocycles. The second-order valence-corrected chi connectivity index (χ2v) is 4.79. The van der Waals surface area contributed by atoms with Gasteiger partial charge in [-0.2, -0.15) is 4.68 Å². The number of hydrogen-bond donors (Lipinski definition) is 1. The normalized spacial score (nSPS) is 12.3. The lowest BCUT2D eigenvalue weighted by Gasteiger charge is -2.09. The maximum absolute atomic E-state index is 12.9. The molecular formula is C16H13FN2O3. The SMILES string of the molecule is O=c1oc(-c2ccc(F)cc2)nn1C[C@@H](O)c1ccccc1.